The molecular weight excluding hydrogens is 258 g/mol. The molecule has 1 unspecified atom stereocenters. The summed E-state index contributed by atoms with van der Waals surface area (Å²) in [6.45, 7) is 2.37. The van der Waals surface area contributed by atoms with Gasteiger partial charge in [0.05, 0.1) is 5.69 Å². The van der Waals surface area contributed by atoms with Crippen LogP contribution in [0, 0.1) is 5.92 Å². The van der Waals surface area contributed by atoms with Crippen molar-refractivity contribution in [2.45, 2.75) is 13.3 Å². The highest BCUT2D eigenvalue weighted by Crippen LogP contribution is 2.19. The summed E-state index contributed by atoms with van der Waals surface area (Å²) in [5.74, 6) is -0.115. The Bertz CT molecular complexity index is 343. The first-order valence-electron chi connectivity index (χ1n) is 4.76. The van der Waals surface area contributed by atoms with Gasteiger partial charge in [-0.15, -0.1) is 0 Å². The molecule has 0 bridgehead atoms. The Morgan fingerprint density at radius 3 is 3.07 bits per heavy atom. The summed E-state index contributed by atoms with van der Waals surface area (Å²) < 4.78 is 0.637. The van der Waals surface area contributed by atoms with Crippen LogP contribution in [-0.2, 0) is 4.79 Å². The van der Waals surface area contributed by atoms with Crippen LogP contribution in [0.4, 0.5) is 5.69 Å². The van der Waals surface area contributed by atoms with E-state index in [1.165, 1.54) is 0 Å². The van der Waals surface area contributed by atoms with E-state index in [0.29, 0.717) is 23.3 Å². The average molecular weight is 272 g/mol. The number of hydrogen-bond donors (Lipinski definition) is 2. The first-order chi connectivity index (χ1) is 7.15. The van der Waals surface area contributed by atoms with Crippen molar-refractivity contribution in [3.8, 4) is 0 Å². The topological polar surface area (TPSA) is 68.0 Å². The lowest BCUT2D eigenvalue weighted by atomic mass is 10.1. The van der Waals surface area contributed by atoms with E-state index in [1.807, 2.05) is 6.92 Å². The fourth-order valence-electron chi connectivity index (χ4n) is 1.12. The number of rotatable bonds is 4. The summed E-state index contributed by atoms with van der Waals surface area (Å²) in [5.41, 5.74) is 6.08. The molecule has 0 aliphatic heterocycles. The molecule has 0 saturated heterocycles. The van der Waals surface area contributed by atoms with Gasteiger partial charge >= 0.3 is 0 Å². The third-order valence-electron chi connectivity index (χ3n) is 2.06. The van der Waals surface area contributed by atoms with E-state index in [9.17, 15) is 4.79 Å². The molecule has 1 rings (SSSR count). The fourth-order valence-corrected chi connectivity index (χ4v) is 1.47. The highest BCUT2D eigenvalue weighted by Gasteiger charge is 2.13. The molecule has 3 N–H and O–H groups in total. The van der Waals surface area contributed by atoms with Gasteiger partial charge in [0.15, 0.2) is 0 Å². The van der Waals surface area contributed by atoms with Crippen LogP contribution < -0.4 is 11.1 Å². The van der Waals surface area contributed by atoms with Gasteiger partial charge in [0.1, 0.15) is 4.60 Å². The molecule has 0 saturated carbocycles. The number of amides is 1. The molecular formula is C10H14BrN3O. The van der Waals surface area contributed by atoms with Gasteiger partial charge < -0.3 is 11.1 Å². The van der Waals surface area contributed by atoms with E-state index in [2.05, 4.69) is 26.2 Å². The van der Waals surface area contributed by atoms with Gasteiger partial charge in [0, 0.05) is 12.1 Å². The van der Waals surface area contributed by atoms with E-state index in [1.54, 1.807) is 18.3 Å². The molecule has 4 nitrogen and oxygen atoms in total. The van der Waals surface area contributed by atoms with Crippen molar-refractivity contribution in [2.75, 3.05) is 11.9 Å². The van der Waals surface area contributed by atoms with Gasteiger partial charge in [-0.1, -0.05) is 6.92 Å². The van der Waals surface area contributed by atoms with E-state index >= 15 is 0 Å². The normalized spacial score (nSPS) is 12.2. The summed E-state index contributed by atoms with van der Waals surface area (Å²) in [5, 5.41) is 2.79. The molecule has 5 heteroatoms. The SMILES string of the molecule is CC(CCN)C(=O)Nc1cccnc1Br. The van der Waals surface area contributed by atoms with Crippen molar-refractivity contribution in [3.05, 3.63) is 22.9 Å². The smallest absolute Gasteiger partial charge is 0.227 e. The van der Waals surface area contributed by atoms with Gasteiger partial charge in [0.25, 0.3) is 0 Å². The zero-order chi connectivity index (χ0) is 11.3. The van der Waals surface area contributed by atoms with E-state index < -0.39 is 0 Å². The van der Waals surface area contributed by atoms with Gasteiger partial charge in [-0.25, -0.2) is 4.98 Å². The van der Waals surface area contributed by atoms with Crippen molar-refractivity contribution in [1.82, 2.24) is 4.98 Å². The molecule has 0 spiro atoms. The summed E-state index contributed by atoms with van der Waals surface area (Å²) in [4.78, 5) is 15.7. The van der Waals surface area contributed by atoms with Crippen LogP contribution in [0.2, 0.25) is 0 Å². The second-order valence-corrected chi connectivity index (χ2v) is 4.06. The molecule has 1 aromatic heterocycles. The molecule has 0 aromatic carbocycles. The number of anilines is 1. The van der Waals surface area contributed by atoms with Crippen LogP contribution in [0.1, 0.15) is 13.3 Å². The minimum Gasteiger partial charge on any atom is -0.330 e. The highest BCUT2D eigenvalue weighted by molar-refractivity contribution is 9.10. The van der Waals surface area contributed by atoms with Crippen molar-refractivity contribution in [3.63, 3.8) is 0 Å². The van der Waals surface area contributed by atoms with Crippen molar-refractivity contribution >= 4 is 27.5 Å². The van der Waals surface area contributed by atoms with Crippen molar-refractivity contribution < 1.29 is 4.79 Å². The standard InChI is InChI=1S/C10H14BrN3O/c1-7(4-5-12)10(15)14-8-3-2-6-13-9(8)11/h2-3,6-7H,4-5,12H2,1H3,(H,14,15). The molecule has 15 heavy (non-hydrogen) atoms. The van der Waals surface area contributed by atoms with Gasteiger partial charge in [-0.05, 0) is 41.0 Å². The lowest BCUT2D eigenvalue weighted by molar-refractivity contribution is -0.119. The van der Waals surface area contributed by atoms with Crippen LogP contribution in [0.25, 0.3) is 0 Å². The lowest BCUT2D eigenvalue weighted by Gasteiger charge is -2.11. The number of nitrogens with zero attached hydrogens (tertiary/aromatic N) is 1. The predicted octanol–water partition coefficient (Wildman–Crippen LogP) is 1.77. The number of halogens is 1. The number of carbonyl (C=O) groups is 1. The van der Waals surface area contributed by atoms with Crippen LogP contribution in [0.15, 0.2) is 22.9 Å². The summed E-state index contributed by atoms with van der Waals surface area (Å²) >= 11 is 3.26. The molecule has 0 aliphatic carbocycles. The Morgan fingerprint density at radius 2 is 2.47 bits per heavy atom. The number of hydrogen-bond acceptors (Lipinski definition) is 3. The van der Waals surface area contributed by atoms with Crippen molar-refractivity contribution in [2.24, 2.45) is 11.7 Å². The van der Waals surface area contributed by atoms with Gasteiger partial charge in [0.2, 0.25) is 5.91 Å². The lowest BCUT2D eigenvalue weighted by Crippen LogP contribution is -2.22. The number of carbonyl (C=O) groups excluding carboxylic acids is 1. The van der Waals surface area contributed by atoms with E-state index in [4.69, 9.17) is 5.73 Å². The quantitative estimate of drug-likeness (QED) is 0.821. The largest absolute Gasteiger partial charge is 0.330 e. The molecule has 1 heterocycles. The second kappa shape index (κ2) is 5.82. The van der Waals surface area contributed by atoms with Crippen LogP contribution >= 0.6 is 15.9 Å². The fraction of sp³-hybridized carbons (Fsp3) is 0.400. The number of aromatic nitrogens is 1. The Kier molecular flexibility index (Phi) is 4.71. The molecule has 82 valence electrons. The first kappa shape index (κ1) is 12.1. The Morgan fingerprint density at radius 1 is 1.73 bits per heavy atom. The number of nitrogens with two attached hydrogens (primary N) is 1. The van der Waals surface area contributed by atoms with Crippen LogP contribution in [0.5, 0.6) is 0 Å². The minimum atomic E-state index is -0.0814. The Hall–Kier alpha value is -0.940. The molecule has 0 aliphatic rings. The maximum atomic E-state index is 11.6. The minimum absolute atomic E-state index is 0.0332. The summed E-state index contributed by atoms with van der Waals surface area (Å²) in [6.07, 6.45) is 2.34. The van der Waals surface area contributed by atoms with Gasteiger partial charge in [-0.2, -0.15) is 0 Å². The Labute approximate surface area is 97.4 Å². The number of pyridine rings is 1. The third kappa shape index (κ3) is 3.60. The summed E-state index contributed by atoms with van der Waals surface area (Å²) in [7, 11) is 0. The summed E-state index contributed by atoms with van der Waals surface area (Å²) in [6, 6.07) is 3.57. The molecule has 1 atom stereocenters. The average Bonchev–Trinajstić information content (AvgIpc) is 2.21. The highest BCUT2D eigenvalue weighted by atomic mass is 79.9. The molecule has 1 aromatic rings. The van der Waals surface area contributed by atoms with Crippen LogP contribution in [-0.4, -0.2) is 17.4 Å². The van der Waals surface area contributed by atoms with Crippen molar-refractivity contribution in [1.29, 1.82) is 0 Å². The first-order valence-corrected chi connectivity index (χ1v) is 5.56. The molecule has 0 radical (unpaired) electrons. The van der Waals surface area contributed by atoms with E-state index in [-0.39, 0.29) is 11.8 Å². The molecule has 0 fully saturated rings. The third-order valence-corrected chi connectivity index (χ3v) is 2.70. The van der Waals surface area contributed by atoms with Gasteiger partial charge in [-0.3, -0.25) is 4.79 Å². The maximum Gasteiger partial charge on any atom is 0.227 e. The predicted molar refractivity (Wildman–Crippen MR) is 63.4 cm³/mol. The zero-order valence-electron chi connectivity index (χ0n) is 8.53. The monoisotopic (exact) mass is 271 g/mol. The zero-order valence-corrected chi connectivity index (χ0v) is 10.1. The number of nitrogens with one attached hydrogen (secondary N) is 1. The van der Waals surface area contributed by atoms with Crippen LogP contribution in [0.3, 0.4) is 0 Å². The molecule has 1 amide bonds. The Balaban J connectivity index is 2.62. The second-order valence-electron chi connectivity index (χ2n) is 3.31. The maximum absolute atomic E-state index is 11.6. The van der Waals surface area contributed by atoms with E-state index in [0.717, 1.165) is 0 Å².